The van der Waals surface area contributed by atoms with Crippen molar-refractivity contribution < 1.29 is 23.1 Å². The van der Waals surface area contributed by atoms with Crippen molar-refractivity contribution in [2.24, 2.45) is 0 Å². The SMILES string of the molecule is COc1cccc(/C=c2\c(=O)oc3n2-c2oc(N)nc2[C@@H](c2cccc(OC)c2)C=3C(=O)Nc2ccccc2)c1. The van der Waals surface area contributed by atoms with Gasteiger partial charge < -0.3 is 29.4 Å². The first-order valence-corrected chi connectivity index (χ1v) is 12.4. The van der Waals surface area contributed by atoms with Crippen LogP contribution in [0, 0.1) is 0 Å². The first-order valence-electron chi connectivity index (χ1n) is 12.4. The Hall–Kier alpha value is -5.51. The number of anilines is 2. The van der Waals surface area contributed by atoms with Gasteiger partial charge in [-0.2, -0.15) is 4.98 Å². The van der Waals surface area contributed by atoms with Crippen LogP contribution in [-0.4, -0.2) is 29.7 Å². The van der Waals surface area contributed by atoms with Crippen molar-refractivity contribution in [3.8, 4) is 17.4 Å². The van der Waals surface area contributed by atoms with Crippen LogP contribution in [0.1, 0.15) is 22.7 Å². The van der Waals surface area contributed by atoms with Gasteiger partial charge in [-0.15, -0.1) is 0 Å². The number of hydrogen-bond acceptors (Lipinski definition) is 8. The van der Waals surface area contributed by atoms with E-state index in [1.807, 2.05) is 18.2 Å². The molecule has 0 unspecified atom stereocenters. The molecule has 1 aliphatic heterocycles. The number of amides is 1. The van der Waals surface area contributed by atoms with Crippen LogP contribution in [0.4, 0.5) is 11.7 Å². The van der Waals surface area contributed by atoms with Gasteiger partial charge in [0.1, 0.15) is 22.5 Å². The molecule has 0 radical (unpaired) electrons. The molecule has 5 aromatic rings. The van der Waals surface area contributed by atoms with Crippen LogP contribution >= 0.6 is 0 Å². The van der Waals surface area contributed by atoms with E-state index in [0.717, 1.165) is 0 Å². The average Bonchev–Trinajstić information content (AvgIpc) is 3.51. The highest BCUT2D eigenvalue weighted by atomic mass is 16.5. The quantitative estimate of drug-likeness (QED) is 0.338. The molecule has 200 valence electrons. The summed E-state index contributed by atoms with van der Waals surface area (Å²) in [5, 5.41) is 3.03. The van der Waals surface area contributed by atoms with E-state index in [9.17, 15) is 9.59 Å². The van der Waals surface area contributed by atoms with Gasteiger partial charge in [0, 0.05) is 5.69 Å². The number of nitrogens with one attached hydrogen (secondary N) is 1. The van der Waals surface area contributed by atoms with Crippen LogP contribution in [0.5, 0.6) is 11.5 Å². The van der Waals surface area contributed by atoms with E-state index in [1.54, 1.807) is 81.0 Å². The number of carbonyl (C=O) groups excluding carboxylic acids is 1. The van der Waals surface area contributed by atoms with Crippen molar-refractivity contribution in [3.63, 3.8) is 0 Å². The lowest BCUT2D eigenvalue weighted by Crippen LogP contribution is -2.38. The van der Waals surface area contributed by atoms with E-state index >= 15 is 0 Å². The lowest BCUT2D eigenvalue weighted by Gasteiger charge is -2.23. The molecule has 0 saturated carbocycles. The predicted octanol–water partition coefficient (Wildman–Crippen LogP) is 2.78. The molecule has 3 N–H and O–H groups in total. The Kier molecular flexibility index (Phi) is 6.19. The van der Waals surface area contributed by atoms with Gasteiger partial charge in [-0.05, 0) is 53.6 Å². The van der Waals surface area contributed by atoms with Crippen LogP contribution in [-0.2, 0) is 4.79 Å². The van der Waals surface area contributed by atoms with Crippen molar-refractivity contribution in [2.45, 2.75) is 5.92 Å². The molecule has 6 rings (SSSR count). The number of oxazole rings is 2. The topological polar surface area (TPSA) is 135 Å². The second-order valence-corrected chi connectivity index (χ2v) is 9.02. The van der Waals surface area contributed by atoms with Crippen molar-refractivity contribution in [3.05, 3.63) is 117 Å². The third-order valence-electron chi connectivity index (χ3n) is 6.59. The Labute approximate surface area is 227 Å². The molecule has 3 aromatic carbocycles. The highest BCUT2D eigenvalue weighted by Gasteiger charge is 2.39. The number of para-hydroxylation sites is 1. The van der Waals surface area contributed by atoms with E-state index in [0.29, 0.717) is 34.0 Å². The van der Waals surface area contributed by atoms with E-state index < -0.39 is 17.5 Å². The van der Waals surface area contributed by atoms with E-state index in [2.05, 4.69) is 10.3 Å². The van der Waals surface area contributed by atoms with E-state index in [1.165, 1.54) is 4.57 Å². The molecule has 3 heterocycles. The van der Waals surface area contributed by atoms with Crippen LogP contribution in [0.25, 0.3) is 17.5 Å². The summed E-state index contributed by atoms with van der Waals surface area (Å²) in [6, 6.07) is 23.2. The Morgan fingerprint density at radius 2 is 1.70 bits per heavy atom. The number of benzene rings is 3. The van der Waals surface area contributed by atoms with E-state index in [-0.39, 0.29) is 28.4 Å². The minimum Gasteiger partial charge on any atom is -0.497 e. The summed E-state index contributed by atoms with van der Waals surface area (Å²) >= 11 is 0. The molecular weight excluding hydrogens is 512 g/mol. The highest BCUT2D eigenvalue weighted by Crippen LogP contribution is 2.39. The number of rotatable bonds is 6. The summed E-state index contributed by atoms with van der Waals surface area (Å²) in [6.07, 6.45) is 1.62. The van der Waals surface area contributed by atoms with E-state index in [4.69, 9.17) is 24.0 Å². The normalized spacial score (nSPS) is 14.4. The van der Waals surface area contributed by atoms with Gasteiger partial charge in [0.05, 0.1) is 25.7 Å². The largest absolute Gasteiger partial charge is 0.497 e. The molecule has 1 atom stereocenters. The Balaban J connectivity index is 1.67. The summed E-state index contributed by atoms with van der Waals surface area (Å²) in [4.78, 5) is 31.8. The summed E-state index contributed by atoms with van der Waals surface area (Å²) < 4.78 is 23.8. The lowest BCUT2D eigenvalue weighted by molar-refractivity contribution is -0.111. The number of aromatic nitrogens is 2. The molecule has 40 heavy (non-hydrogen) atoms. The van der Waals surface area contributed by atoms with Crippen LogP contribution in [0.2, 0.25) is 0 Å². The van der Waals surface area contributed by atoms with Gasteiger partial charge in [0.25, 0.3) is 11.9 Å². The Bertz CT molecular complexity index is 1920. The number of fused-ring (bicyclic) bond motifs is 3. The molecule has 1 amide bonds. The lowest BCUT2D eigenvalue weighted by atomic mass is 9.86. The molecule has 0 saturated heterocycles. The number of hydrogen-bond donors (Lipinski definition) is 2. The summed E-state index contributed by atoms with van der Waals surface area (Å²) in [6.45, 7) is 0. The second kappa shape index (κ2) is 9.99. The zero-order valence-electron chi connectivity index (χ0n) is 21.6. The Morgan fingerprint density at radius 3 is 2.45 bits per heavy atom. The monoisotopic (exact) mass is 536 g/mol. The number of methoxy groups -OCH3 is 2. The first kappa shape index (κ1) is 24.8. The van der Waals surface area contributed by atoms with Crippen molar-refractivity contribution >= 4 is 29.3 Å². The van der Waals surface area contributed by atoms with Gasteiger partial charge in [0.15, 0.2) is 0 Å². The number of ether oxygens (including phenoxy) is 2. The Morgan fingerprint density at radius 1 is 0.975 bits per heavy atom. The van der Waals surface area contributed by atoms with Gasteiger partial charge in [0.2, 0.25) is 11.4 Å². The number of nitrogens with zero attached hydrogens (tertiary/aromatic N) is 2. The van der Waals surface area contributed by atoms with Gasteiger partial charge in [-0.1, -0.05) is 42.5 Å². The minimum absolute atomic E-state index is 0.00375. The van der Waals surface area contributed by atoms with Crippen molar-refractivity contribution in [2.75, 3.05) is 25.3 Å². The van der Waals surface area contributed by atoms with Crippen molar-refractivity contribution in [1.82, 2.24) is 9.55 Å². The third-order valence-corrected chi connectivity index (χ3v) is 6.59. The fourth-order valence-corrected chi connectivity index (χ4v) is 4.82. The maximum absolute atomic E-state index is 14.0. The standard InChI is InChI=1S/C30H24N4O6/c1-37-20-12-6-8-17(14-20)15-22-29(36)39-27-24(26(35)32-19-10-4-3-5-11-19)23(18-9-7-13-21(16-18)38-2)25-28(34(22)27)40-30(31)33-25/h3-16,23H,1-2H3,(H2,31,33)(H,32,35)/b22-15+/t23-/m0/s1. The molecule has 2 aromatic heterocycles. The molecule has 10 nitrogen and oxygen atoms in total. The zero-order chi connectivity index (χ0) is 27.8. The summed E-state index contributed by atoms with van der Waals surface area (Å²) in [7, 11) is 3.11. The molecule has 0 fully saturated rings. The summed E-state index contributed by atoms with van der Waals surface area (Å²) in [5.41, 5.74) is 7.79. The molecule has 10 heteroatoms. The third kappa shape index (κ3) is 4.31. The number of carbonyl (C=O) groups is 1. The number of nitrogen functional groups attached to an aromatic ring is 1. The van der Waals surface area contributed by atoms with Crippen molar-refractivity contribution in [1.29, 1.82) is 0 Å². The molecule has 0 aliphatic carbocycles. The maximum Gasteiger partial charge on any atom is 0.362 e. The summed E-state index contributed by atoms with van der Waals surface area (Å²) in [5.74, 6) is 0.0943. The van der Waals surface area contributed by atoms with Crippen LogP contribution in [0.3, 0.4) is 0 Å². The average molecular weight is 537 g/mol. The van der Waals surface area contributed by atoms with Crippen LogP contribution in [0.15, 0.2) is 92.5 Å². The minimum atomic E-state index is -0.787. The molecule has 1 aliphatic rings. The molecule has 0 bridgehead atoms. The maximum atomic E-state index is 14.0. The number of nitrogens with two attached hydrogens (primary N) is 1. The second-order valence-electron chi connectivity index (χ2n) is 9.02. The smallest absolute Gasteiger partial charge is 0.362 e. The first-order chi connectivity index (χ1) is 19.5. The van der Waals surface area contributed by atoms with Gasteiger partial charge >= 0.3 is 5.63 Å². The van der Waals surface area contributed by atoms with Gasteiger partial charge in [-0.3, -0.25) is 4.79 Å². The zero-order valence-corrected chi connectivity index (χ0v) is 21.6. The molecular formula is C30H24N4O6. The molecule has 0 spiro atoms. The fraction of sp³-hybridized carbons (Fsp3) is 0.100. The fourth-order valence-electron chi connectivity index (χ4n) is 4.82. The van der Waals surface area contributed by atoms with Crippen LogP contribution < -0.4 is 37.0 Å². The van der Waals surface area contributed by atoms with Gasteiger partial charge in [-0.25, -0.2) is 9.36 Å². The highest BCUT2D eigenvalue weighted by molar-refractivity contribution is 6.22. The predicted molar refractivity (Wildman–Crippen MR) is 148 cm³/mol.